The first kappa shape index (κ1) is 23.9. The van der Waals surface area contributed by atoms with E-state index in [1.165, 1.54) is 13.2 Å². The van der Waals surface area contributed by atoms with Crippen molar-refractivity contribution in [2.45, 2.75) is 36.6 Å². The molecule has 2 aromatic carbocycles. The molecular formula is C26H29N3O4. The number of alkyl carbamates (subject to hydrolysis) is 1. The number of nitrogens with zero attached hydrogens (tertiary/aromatic N) is 1. The van der Waals surface area contributed by atoms with Gasteiger partial charge in [-0.3, -0.25) is 4.79 Å². The second-order valence-corrected chi connectivity index (χ2v) is 8.24. The lowest BCUT2D eigenvalue weighted by atomic mass is 9.64. The molecule has 7 heteroatoms. The van der Waals surface area contributed by atoms with Crippen LogP contribution in [0.15, 0.2) is 67.3 Å². The lowest BCUT2D eigenvalue weighted by Gasteiger charge is -2.44. The van der Waals surface area contributed by atoms with Crippen molar-refractivity contribution in [2.75, 3.05) is 20.3 Å². The summed E-state index contributed by atoms with van der Waals surface area (Å²) >= 11 is 0. The minimum atomic E-state index is -1.01. The van der Waals surface area contributed by atoms with E-state index in [9.17, 15) is 14.9 Å². The van der Waals surface area contributed by atoms with Gasteiger partial charge in [-0.05, 0) is 43.4 Å². The number of ether oxygens (including phenoxy) is 2. The fraction of sp³-hybridized carbons (Fsp3) is 0.346. The smallest absolute Gasteiger partial charge is 0.408 e. The van der Waals surface area contributed by atoms with Crippen LogP contribution in [0.3, 0.4) is 0 Å². The van der Waals surface area contributed by atoms with E-state index < -0.39 is 11.6 Å². The Balaban J connectivity index is 1.78. The first-order valence-corrected chi connectivity index (χ1v) is 10.9. The van der Waals surface area contributed by atoms with E-state index in [4.69, 9.17) is 9.47 Å². The molecule has 0 saturated heterocycles. The van der Waals surface area contributed by atoms with Gasteiger partial charge in [0.25, 0.3) is 5.91 Å². The summed E-state index contributed by atoms with van der Waals surface area (Å²) in [6, 6.07) is 19.3. The first-order chi connectivity index (χ1) is 16.0. The number of hydrogen-bond acceptors (Lipinski definition) is 5. The molecular weight excluding hydrogens is 418 g/mol. The summed E-state index contributed by atoms with van der Waals surface area (Å²) in [6.07, 6.45) is 2.94. The summed E-state index contributed by atoms with van der Waals surface area (Å²) in [5.41, 5.74) is 0.179. The SMILES string of the molecule is C=CCOC(=O)N[C@]1(C#N)CC[C@@](CNC(=O)c2ccccc2OC)(c2ccccc2)CC1. The average molecular weight is 448 g/mol. The fourth-order valence-electron chi connectivity index (χ4n) is 4.32. The molecule has 2 N–H and O–H groups in total. The monoisotopic (exact) mass is 447 g/mol. The van der Waals surface area contributed by atoms with Crippen LogP contribution in [0.25, 0.3) is 0 Å². The molecule has 0 heterocycles. The van der Waals surface area contributed by atoms with Crippen molar-refractivity contribution in [3.8, 4) is 11.8 Å². The number of rotatable bonds is 8. The van der Waals surface area contributed by atoms with E-state index in [1.807, 2.05) is 36.4 Å². The molecule has 0 radical (unpaired) electrons. The highest BCUT2D eigenvalue weighted by atomic mass is 16.5. The van der Waals surface area contributed by atoms with Gasteiger partial charge in [0.15, 0.2) is 0 Å². The van der Waals surface area contributed by atoms with Gasteiger partial charge in [-0.1, -0.05) is 55.1 Å². The largest absolute Gasteiger partial charge is 0.496 e. The minimum absolute atomic E-state index is 0.0796. The molecule has 3 rings (SSSR count). The van der Waals surface area contributed by atoms with Gasteiger partial charge in [0.05, 0.1) is 18.7 Å². The van der Waals surface area contributed by atoms with E-state index in [-0.39, 0.29) is 17.9 Å². The Morgan fingerprint density at radius 1 is 1.09 bits per heavy atom. The zero-order chi connectivity index (χ0) is 23.7. The maximum atomic E-state index is 12.9. The fourth-order valence-corrected chi connectivity index (χ4v) is 4.32. The number of carbonyl (C=O) groups excluding carboxylic acids is 2. The van der Waals surface area contributed by atoms with Gasteiger partial charge in [0.1, 0.15) is 17.9 Å². The summed E-state index contributed by atoms with van der Waals surface area (Å²) in [4.78, 5) is 25.0. The van der Waals surface area contributed by atoms with Crippen molar-refractivity contribution in [1.82, 2.24) is 10.6 Å². The molecule has 0 spiro atoms. The normalized spacial score (nSPS) is 21.8. The Labute approximate surface area is 194 Å². The molecule has 0 aromatic heterocycles. The quantitative estimate of drug-likeness (QED) is 0.593. The molecule has 1 fully saturated rings. The van der Waals surface area contributed by atoms with Crippen LogP contribution in [0.4, 0.5) is 4.79 Å². The maximum Gasteiger partial charge on any atom is 0.408 e. The van der Waals surface area contributed by atoms with E-state index in [2.05, 4.69) is 23.3 Å². The molecule has 1 aliphatic carbocycles. The predicted octanol–water partition coefficient (Wildman–Crippen LogP) is 4.11. The van der Waals surface area contributed by atoms with Crippen LogP contribution in [0.5, 0.6) is 5.75 Å². The molecule has 172 valence electrons. The highest BCUT2D eigenvalue weighted by Crippen LogP contribution is 2.43. The molecule has 0 unspecified atom stereocenters. The number of methoxy groups -OCH3 is 1. The highest BCUT2D eigenvalue weighted by molar-refractivity contribution is 5.97. The zero-order valence-electron chi connectivity index (χ0n) is 18.8. The van der Waals surface area contributed by atoms with Gasteiger partial charge in [-0.2, -0.15) is 5.26 Å². The summed E-state index contributed by atoms with van der Waals surface area (Å²) in [5.74, 6) is 0.296. The van der Waals surface area contributed by atoms with Gasteiger partial charge in [0, 0.05) is 12.0 Å². The number of benzene rings is 2. The number of nitriles is 1. The van der Waals surface area contributed by atoms with Gasteiger partial charge >= 0.3 is 6.09 Å². The molecule has 7 nitrogen and oxygen atoms in total. The lowest BCUT2D eigenvalue weighted by molar-refractivity contribution is 0.0926. The Hall–Kier alpha value is -3.79. The third-order valence-electron chi connectivity index (χ3n) is 6.27. The molecule has 0 aliphatic heterocycles. The first-order valence-electron chi connectivity index (χ1n) is 10.9. The molecule has 1 saturated carbocycles. The van der Waals surface area contributed by atoms with Crippen LogP contribution in [-0.4, -0.2) is 37.8 Å². The average Bonchev–Trinajstić information content (AvgIpc) is 2.87. The van der Waals surface area contributed by atoms with Crippen LogP contribution >= 0.6 is 0 Å². The van der Waals surface area contributed by atoms with Crippen LogP contribution in [0.2, 0.25) is 0 Å². The number of carbonyl (C=O) groups is 2. The number of nitrogens with one attached hydrogen (secondary N) is 2. The third kappa shape index (κ3) is 5.53. The summed E-state index contributed by atoms with van der Waals surface area (Å²) in [7, 11) is 1.53. The summed E-state index contributed by atoms with van der Waals surface area (Å²) in [5, 5.41) is 15.7. The summed E-state index contributed by atoms with van der Waals surface area (Å²) < 4.78 is 10.3. The van der Waals surface area contributed by atoms with Crippen LogP contribution in [-0.2, 0) is 10.2 Å². The van der Waals surface area contributed by atoms with Gasteiger partial charge < -0.3 is 20.1 Å². The Bertz CT molecular complexity index is 1020. The van der Waals surface area contributed by atoms with Crippen LogP contribution in [0, 0.1) is 11.3 Å². The number of hydrogen-bond donors (Lipinski definition) is 2. The topological polar surface area (TPSA) is 100 Å². The maximum absolute atomic E-state index is 12.9. The highest BCUT2D eigenvalue weighted by Gasteiger charge is 2.45. The van der Waals surface area contributed by atoms with E-state index >= 15 is 0 Å². The van der Waals surface area contributed by atoms with Crippen molar-refractivity contribution < 1.29 is 19.1 Å². The van der Waals surface area contributed by atoms with Crippen molar-refractivity contribution in [2.24, 2.45) is 0 Å². The second kappa shape index (κ2) is 10.7. The van der Waals surface area contributed by atoms with Gasteiger partial charge in [-0.25, -0.2) is 4.79 Å². The standard InChI is InChI=1S/C26H29N3O4/c1-3-17-33-24(31)29-26(18-27)15-13-25(14-16-26,20-9-5-4-6-10-20)19-28-23(30)21-11-7-8-12-22(21)32-2/h3-12H,1,13-17,19H2,2H3,(H,28,30)(H,29,31)/t25-,26-. The van der Waals surface area contributed by atoms with Gasteiger partial charge in [0.2, 0.25) is 0 Å². The minimum Gasteiger partial charge on any atom is -0.496 e. The molecule has 1 aliphatic rings. The molecule has 2 aromatic rings. The van der Waals surface area contributed by atoms with Gasteiger partial charge in [-0.15, -0.1) is 0 Å². The van der Waals surface area contributed by atoms with Crippen molar-refractivity contribution in [1.29, 1.82) is 5.26 Å². The predicted molar refractivity (Wildman–Crippen MR) is 125 cm³/mol. The zero-order valence-corrected chi connectivity index (χ0v) is 18.8. The Morgan fingerprint density at radius 3 is 2.39 bits per heavy atom. The molecule has 33 heavy (non-hydrogen) atoms. The number of amides is 2. The molecule has 0 atom stereocenters. The van der Waals surface area contributed by atoms with Crippen molar-refractivity contribution in [3.05, 3.63) is 78.4 Å². The van der Waals surface area contributed by atoms with Crippen LogP contribution < -0.4 is 15.4 Å². The lowest BCUT2D eigenvalue weighted by Crippen LogP contribution is -2.54. The van der Waals surface area contributed by atoms with Crippen LogP contribution in [0.1, 0.15) is 41.6 Å². The van der Waals surface area contributed by atoms with E-state index in [0.29, 0.717) is 43.5 Å². The molecule has 2 amide bonds. The Morgan fingerprint density at radius 2 is 1.76 bits per heavy atom. The summed E-state index contributed by atoms with van der Waals surface area (Å²) in [6.45, 7) is 4.00. The Kier molecular flexibility index (Phi) is 7.73. The van der Waals surface area contributed by atoms with E-state index in [1.54, 1.807) is 18.2 Å². The third-order valence-corrected chi connectivity index (χ3v) is 6.27. The second-order valence-electron chi connectivity index (χ2n) is 8.24. The van der Waals surface area contributed by atoms with Crippen molar-refractivity contribution >= 4 is 12.0 Å². The molecule has 0 bridgehead atoms. The van der Waals surface area contributed by atoms with Crippen molar-refractivity contribution in [3.63, 3.8) is 0 Å². The number of para-hydroxylation sites is 1. The van der Waals surface area contributed by atoms with E-state index in [0.717, 1.165) is 5.56 Å².